The van der Waals surface area contributed by atoms with Crippen molar-refractivity contribution in [2.24, 2.45) is 4.99 Å². The van der Waals surface area contributed by atoms with Crippen molar-refractivity contribution in [1.29, 1.82) is 0 Å². The van der Waals surface area contributed by atoms with Gasteiger partial charge in [0, 0.05) is 12.5 Å². The lowest BCUT2D eigenvalue weighted by Crippen LogP contribution is -2.38. The van der Waals surface area contributed by atoms with Crippen LogP contribution in [0.5, 0.6) is 11.5 Å². The minimum Gasteiger partial charge on any atom is -0.492 e. The van der Waals surface area contributed by atoms with E-state index in [9.17, 15) is 14.4 Å². The van der Waals surface area contributed by atoms with Gasteiger partial charge in [0.2, 0.25) is 11.9 Å². The van der Waals surface area contributed by atoms with Gasteiger partial charge >= 0.3 is 11.9 Å². The number of ether oxygens (including phenoxy) is 3. The molecule has 0 spiro atoms. The summed E-state index contributed by atoms with van der Waals surface area (Å²) in [6, 6.07) is 2.77. The number of nitrogens with zero attached hydrogens (tertiary/aromatic N) is 2. The molecule has 1 aromatic rings. The van der Waals surface area contributed by atoms with Gasteiger partial charge in [-0.2, -0.15) is 0 Å². The second-order valence-corrected chi connectivity index (χ2v) is 7.36. The van der Waals surface area contributed by atoms with Crippen molar-refractivity contribution in [2.75, 3.05) is 20.3 Å². The molecule has 0 bridgehead atoms. The number of nitrogens with one attached hydrogen (secondary N) is 1. The van der Waals surface area contributed by atoms with Crippen LogP contribution in [0.1, 0.15) is 44.6 Å². The first-order valence-corrected chi connectivity index (χ1v) is 10.2. The van der Waals surface area contributed by atoms with Gasteiger partial charge in [0.1, 0.15) is 6.04 Å². The number of unbranched alkanes of at least 4 members (excludes halogenated alkanes) is 3. The van der Waals surface area contributed by atoms with Crippen molar-refractivity contribution < 1.29 is 33.7 Å². The molecule has 0 aliphatic carbocycles. The van der Waals surface area contributed by atoms with Gasteiger partial charge < -0.3 is 24.2 Å². The Morgan fingerprint density at radius 2 is 1.97 bits per heavy atom. The summed E-state index contributed by atoms with van der Waals surface area (Å²) in [6.07, 6.45) is 3.24. The molecule has 2 N–H and O–H groups in total. The van der Waals surface area contributed by atoms with Crippen LogP contribution in [-0.4, -0.2) is 60.2 Å². The summed E-state index contributed by atoms with van der Waals surface area (Å²) in [6.45, 7) is 2.63. The molecule has 0 saturated carbocycles. The summed E-state index contributed by atoms with van der Waals surface area (Å²) >= 11 is 0. The SMILES string of the molecule is COc1c(OCCCCCCOC(C)=O)ccc2c1CN1C(=N2)NC(=O)C1CC(=O)O. The average Bonchev–Trinajstić information content (AvgIpc) is 3.01. The summed E-state index contributed by atoms with van der Waals surface area (Å²) in [5, 5.41) is 11.8. The molecule has 10 heteroatoms. The number of carbonyl (C=O) groups is 3. The summed E-state index contributed by atoms with van der Waals surface area (Å²) in [7, 11) is 1.54. The molecular formula is C21H27N3O7. The average molecular weight is 433 g/mol. The molecule has 0 aromatic heterocycles. The Morgan fingerprint density at radius 3 is 2.65 bits per heavy atom. The van der Waals surface area contributed by atoms with Crippen molar-refractivity contribution in [3.05, 3.63) is 17.7 Å². The van der Waals surface area contributed by atoms with Crippen LogP contribution in [0.25, 0.3) is 0 Å². The molecule has 3 rings (SSSR count). The van der Waals surface area contributed by atoms with Crippen LogP contribution in [0.2, 0.25) is 0 Å². The van der Waals surface area contributed by atoms with Crippen molar-refractivity contribution >= 4 is 29.5 Å². The van der Waals surface area contributed by atoms with Crippen LogP contribution in [-0.2, 0) is 25.7 Å². The number of benzene rings is 1. The Morgan fingerprint density at radius 1 is 1.23 bits per heavy atom. The Balaban J connectivity index is 1.60. The topological polar surface area (TPSA) is 127 Å². The quantitative estimate of drug-likeness (QED) is 0.401. The highest BCUT2D eigenvalue weighted by atomic mass is 16.5. The van der Waals surface area contributed by atoms with Gasteiger partial charge in [0.25, 0.3) is 0 Å². The fourth-order valence-corrected chi connectivity index (χ4v) is 3.63. The number of methoxy groups -OCH3 is 1. The van der Waals surface area contributed by atoms with Gasteiger partial charge in [0.05, 0.1) is 39.0 Å². The fraction of sp³-hybridized carbons (Fsp3) is 0.524. The number of esters is 1. The summed E-state index contributed by atoms with van der Waals surface area (Å²) < 4.78 is 16.4. The second kappa shape index (κ2) is 10.1. The highest BCUT2D eigenvalue weighted by Gasteiger charge is 2.41. The molecule has 2 aliphatic rings. The van der Waals surface area contributed by atoms with E-state index in [4.69, 9.17) is 19.3 Å². The zero-order valence-electron chi connectivity index (χ0n) is 17.7. The molecule has 1 saturated heterocycles. The minimum absolute atomic E-state index is 0.261. The van der Waals surface area contributed by atoms with Gasteiger partial charge in [-0.25, -0.2) is 4.99 Å². The Labute approximate surface area is 180 Å². The number of fused-ring (bicyclic) bond motifs is 2. The molecule has 1 unspecified atom stereocenters. The zero-order chi connectivity index (χ0) is 22.4. The molecule has 1 fully saturated rings. The van der Waals surface area contributed by atoms with Gasteiger partial charge in [-0.05, 0) is 37.8 Å². The third-order valence-electron chi connectivity index (χ3n) is 5.11. The molecule has 168 valence electrons. The Hall–Kier alpha value is -3.30. The van der Waals surface area contributed by atoms with Crippen LogP contribution >= 0.6 is 0 Å². The van der Waals surface area contributed by atoms with Gasteiger partial charge in [0.15, 0.2) is 11.5 Å². The molecule has 2 aliphatic heterocycles. The molecule has 2 heterocycles. The molecular weight excluding hydrogens is 406 g/mol. The standard InChI is InChI=1S/C21H27N3O7/c1-13(25)30-9-5-3-4-6-10-31-17-8-7-15-14(19(17)29-2)12-24-16(11-18(26)27)20(28)23-21(24)22-15/h7-8,16H,3-6,9-12H2,1-2H3,(H,26,27)(H,22,23,28). The highest BCUT2D eigenvalue weighted by molar-refractivity contribution is 6.08. The molecule has 1 aromatic carbocycles. The van der Waals surface area contributed by atoms with Crippen LogP contribution in [0.3, 0.4) is 0 Å². The maximum absolute atomic E-state index is 12.2. The predicted octanol–water partition coefficient (Wildman–Crippen LogP) is 1.97. The smallest absolute Gasteiger partial charge is 0.305 e. The lowest BCUT2D eigenvalue weighted by molar-refractivity contribution is -0.141. The molecule has 31 heavy (non-hydrogen) atoms. The van der Waals surface area contributed by atoms with Gasteiger partial charge in [-0.3, -0.25) is 19.7 Å². The van der Waals surface area contributed by atoms with Crippen LogP contribution in [0, 0.1) is 0 Å². The van der Waals surface area contributed by atoms with E-state index < -0.39 is 12.0 Å². The number of carbonyl (C=O) groups excluding carboxylic acids is 2. The molecule has 1 amide bonds. The Bertz CT molecular complexity index is 884. The number of carboxylic acids is 1. The lowest BCUT2D eigenvalue weighted by atomic mass is 10.1. The van der Waals surface area contributed by atoms with E-state index in [-0.39, 0.29) is 18.3 Å². The molecule has 10 nitrogen and oxygen atoms in total. The highest BCUT2D eigenvalue weighted by Crippen LogP contribution is 2.41. The van der Waals surface area contributed by atoms with E-state index in [1.54, 1.807) is 24.1 Å². The monoisotopic (exact) mass is 433 g/mol. The van der Waals surface area contributed by atoms with Crippen molar-refractivity contribution in [3.8, 4) is 11.5 Å². The first-order chi connectivity index (χ1) is 14.9. The number of amides is 1. The molecule has 1 atom stereocenters. The van der Waals surface area contributed by atoms with Crippen LogP contribution < -0.4 is 14.8 Å². The minimum atomic E-state index is -1.05. The van der Waals surface area contributed by atoms with Crippen molar-refractivity contribution in [3.63, 3.8) is 0 Å². The van der Waals surface area contributed by atoms with Crippen LogP contribution in [0.4, 0.5) is 5.69 Å². The number of hydrogen-bond donors (Lipinski definition) is 2. The second-order valence-electron chi connectivity index (χ2n) is 7.36. The van der Waals surface area contributed by atoms with Gasteiger partial charge in [-0.15, -0.1) is 0 Å². The number of guanidine groups is 1. The maximum Gasteiger partial charge on any atom is 0.305 e. The summed E-state index contributed by atoms with van der Waals surface area (Å²) in [4.78, 5) is 40.2. The number of aliphatic imine (C=N–C) groups is 1. The third-order valence-corrected chi connectivity index (χ3v) is 5.11. The number of rotatable bonds is 11. The van der Waals surface area contributed by atoms with Crippen LogP contribution in [0.15, 0.2) is 17.1 Å². The zero-order valence-corrected chi connectivity index (χ0v) is 17.7. The maximum atomic E-state index is 12.2. The van der Waals surface area contributed by atoms with Crippen molar-refractivity contribution in [2.45, 2.75) is 51.6 Å². The van der Waals surface area contributed by atoms with Crippen molar-refractivity contribution in [1.82, 2.24) is 10.2 Å². The number of carboxylic acid groups (broad SMARTS) is 1. The summed E-state index contributed by atoms with van der Waals surface area (Å²) in [5.74, 6) is -0.227. The van der Waals surface area contributed by atoms with Gasteiger partial charge in [-0.1, -0.05) is 0 Å². The van der Waals surface area contributed by atoms with E-state index in [1.807, 2.05) is 0 Å². The predicted molar refractivity (Wildman–Crippen MR) is 110 cm³/mol. The normalized spacial score (nSPS) is 16.7. The first kappa shape index (κ1) is 22.4. The molecule has 0 radical (unpaired) electrons. The van der Waals surface area contributed by atoms with E-state index in [1.165, 1.54) is 6.92 Å². The number of hydrogen-bond acceptors (Lipinski definition) is 8. The third kappa shape index (κ3) is 5.44. The van der Waals surface area contributed by atoms with E-state index in [2.05, 4.69) is 10.3 Å². The van der Waals surface area contributed by atoms with E-state index in [0.29, 0.717) is 42.9 Å². The lowest BCUT2D eigenvalue weighted by Gasteiger charge is -2.28. The summed E-state index contributed by atoms with van der Waals surface area (Å²) in [5.41, 5.74) is 1.40. The largest absolute Gasteiger partial charge is 0.492 e. The van der Waals surface area contributed by atoms with E-state index >= 15 is 0 Å². The number of aliphatic carboxylic acids is 1. The Kier molecular flexibility index (Phi) is 7.32. The first-order valence-electron chi connectivity index (χ1n) is 10.2. The fourth-order valence-electron chi connectivity index (χ4n) is 3.63. The van der Waals surface area contributed by atoms with E-state index in [0.717, 1.165) is 31.2 Å².